The van der Waals surface area contributed by atoms with Crippen molar-refractivity contribution in [1.29, 1.82) is 0 Å². The van der Waals surface area contributed by atoms with Crippen LogP contribution in [0.2, 0.25) is 0 Å². The van der Waals surface area contributed by atoms with Crippen molar-refractivity contribution < 1.29 is 50.5 Å². The summed E-state index contributed by atoms with van der Waals surface area (Å²) in [7, 11) is 0. The van der Waals surface area contributed by atoms with Crippen LogP contribution in [0.4, 0.5) is 26.3 Å². The molecule has 2 heterocycles. The van der Waals surface area contributed by atoms with Crippen molar-refractivity contribution >= 4 is 5.97 Å². The maximum atomic E-state index is 12.8. The number of halogens is 6. The third-order valence-electron chi connectivity index (χ3n) is 5.25. The Bertz CT molecular complexity index is 613. The highest BCUT2D eigenvalue weighted by atomic mass is 19.4. The van der Waals surface area contributed by atoms with Gasteiger partial charge < -0.3 is 19.3 Å². The topological polar surface area (TPSA) is 65.0 Å². The number of carbonyl (C=O) groups excluding carboxylic acids is 1. The molecular formula is C17H22F6O5. The maximum absolute atomic E-state index is 12.8. The van der Waals surface area contributed by atoms with E-state index in [1.54, 1.807) is 0 Å². The van der Waals surface area contributed by atoms with Crippen LogP contribution in [-0.4, -0.2) is 59.5 Å². The zero-order chi connectivity index (χ0) is 21.7. The van der Waals surface area contributed by atoms with Crippen molar-refractivity contribution in [1.82, 2.24) is 0 Å². The second-order valence-electron chi connectivity index (χ2n) is 7.76. The molecule has 0 radical (unpaired) electrons. The highest BCUT2D eigenvalue weighted by molar-refractivity contribution is 5.87. The summed E-state index contributed by atoms with van der Waals surface area (Å²) in [5.74, 6) is -1.14. The molecule has 2 rings (SSSR count). The molecular weight excluding hydrogens is 398 g/mol. The van der Waals surface area contributed by atoms with E-state index >= 15 is 0 Å². The lowest BCUT2D eigenvalue weighted by molar-refractivity contribution is -0.383. The SMILES string of the molecule is C=C(C)C(=O)OC1CC2OC1CC2C(C)(C)OCC(O)(C(F)(F)F)C(F)(F)F. The van der Waals surface area contributed by atoms with Crippen molar-refractivity contribution in [3.8, 4) is 0 Å². The van der Waals surface area contributed by atoms with Gasteiger partial charge in [0.2, 0.25) is 0 Å². The minimum absolute atomic E-state index is 0.196. The summed E-state index contributed by atoms with van der Waals surface area (Å²) in [6.45, 7) is 5.61. The molecule has 0 aromatic heterocycles. The second kappa shape index (κ2) is 7.17. The van der Waals surface area contributed by atoms with Gasteiger partial charge in [-0.05, 0) is 27.2 Å². The number of hydrogen-bond acceptors (Lipinski definition) is 5. The van der Waals surface area contributed by atoms with Crippen LogP contribution in [0.15, 0.2) is 12.2 Å². The van der Waals surface area contributed by atoms with Crippen LogP contribution in [0.5, 0.6) is 0 Å². The predicted molar refractivity (Wildman–Crippen MR) is 83.2 cm³/mol. The first kappa shape index (κ1) is 23.0. The molecule has 4 unspecified atom stereocenters. The summed E-state index contributed by atoms with van der Waals surface area (Å²) < 4.78 is 92.7. The number of fused-ring (bicyclic) bond motifs is 2. The van der Waals surface area contributed by atoms with E-state index in [4.69, 9.17) is 14.2 Å². The zero-order valence-electron chi connectivity index (χ0n) is 15.5. The Kier molecular flexibility index (Phi) is 5.88. The van der Waals surface area contributed by atoms with E-state index in [1.165, 1.54) is 20.8 Å². The average molecular weight is 420 g/mol. The van der Waals surface area contributed by atoms with Crippen LogP contribution in [0.3, 0.4) is 0 Å². The second-order valence-corrected chi connectivity index (χ2v) is 7.76. The minimum Gasteiger partial charge on any atom is -0.456 e. The lowest BCUT2D eigenvalue weighted by Crippen LogP contribution is -2.61. The number of alkyl halides is 6. The molecule has 0 spiro atoms. The standard InChI is InChI=1S/C17H22F6O5/c1-8(2)13(24)28-12-6-10-9(5-11(12)27-10)14(3,4)26-7-15(25,16(18,19)20)17(21,22)23/h9-12,25H,1,5-7H2,2-4H3. The normalized spacial score (nSPS) is 28.5. The number of esters is 1. The van der Waals surface area contributed by atoms with Gasteiger partial charge in [-0.2, -0.15) is 26.3 Å². The van der Waals surface area contributed by atoms with Gasteiger partial charge in [-0.15, -0.1) is 0 Å². The van der Waals surface area contributed by atoms with E-state index in [0.29, 0.717) is 0 Å². The van der Waals surface area contributed by atoms with E-state index in [0.717, 1.165) is 0 Å². The van der Waals surface area contributed by atoms with Crippen LogP contribution >= 0.6 is 0 Å². The van der Waals surface area contributed by atoms with Gasteiger partial charge in [-0.3, -0.25) is 0 Å². The third kappa shape index (κ3) is 4.16. The molecule has 162 valence electrons. The lowest BCUT2D eigenvalue weighted by Gasteiger charge is -2.40. The van der Waals surface area contributed by atoms with Gasteiger partial charge in [0, 0.05) is 17.9 Å². The van der Waals surface area contributed by atoms with Crippen LogP contribution in [0.25, 0.3) is 0 Å². The predicted octanol–water partition coefficient (Wildman–Crippen LogP) is 3.30. The summed E-state index contributed by atoms with van der Waals surface area (Å²) in [5, 5.41) is 9.24. The Labute approximate surface area is 157 Å². The lowest BCUT2D eigenvalue weighted by atomic mass is 9.77. The molecule has 2 fully saturated rings. The van der Waals surface area contributed by atoms with E-state index in [-0.39, 0.29) is 18.4 Å². The number of rotatable bonds is 6. The highest BCUT2D eigenvalue weighted by Crippen LogP contribution is 2.48. The molecule has 0 aliphatic carbocycles. The number of carbonyl (C=O) groups is 1. The van der Waals surface area contributed by atoms with Crippen molar-refractivity contribution in [3.63, 3.8) is 0 Å². The van der Waals surface area contributed by atoms with Crippen molar-refractivity contribution in [2.75, 3.05) is 6.61 Å². The molecule has 5 nitrogen and oxygen atoms in total. The summed E-state index contributed by atoms with van der Waals surface area (Å²) in [5.41, 5.74) is -6.23. The molecule has 2 aliphatic rings. The first-order chi connectivity index (χ1) is 12.5. The largest absolute Gasteiger partial charge is 0.456 e. The number of hydrogen-bond donors (Lipinski definition) is 1. The van der Waals surface area contributed by atoms with Gasteiger partial charge in [-0.1, -0.05) is 6.58 Å². The first-order valence-electron chi connectivity index (χ1n) is 8.51. The van der Waals surface area contributed by atoms with Gasteiger partial charge in [0.1, 0.15) is 6.10 Å². The number of aliphatic hydroxyl groups is 1. The molecule has 0 aromatic carbocycles. The van der Waals surface area contributed by atoms with Gasteiger partial charge in [0.05, 0.1) is 24.4 Å². The van der Waals surface area contributed by atoms with Crippen LogP contribution in [0, 0.1) is 5.92 Å². The van der Waals surface area contributed by atoms with Crippen molar-refractivity contribution in [3.05, 3.63) is 12.2 Å². The Hall–Kier alpha value is -1.33. The molecule has 0 amide bonds. The molecule has 11 heteroatoms. The fraction of sp³-hybridized carbons (Fsp3) is 0.824. The first-order valence-corrected chi connectivity index (χ1v) is 8.51. The van der Waals surface area contributed by atoms with Crippen molar-refractivity contribution in [2.24, 2.45) is 5.92 Å². The summed E-state index contributed by atoms with van der Waals surface area (Å²) in [4.78, 5) is 11.6. The smallest absolute Gasteiger partial charge is 0.428 e. The molecule has 2 saturated heterocycles. The Morgan fingerprint density at radius 2 is 1.64 bits per heavy atom. The van der Waals surface area contributed by atoms with Gasteiger partial charge in [0.25, 0.3) is 5.60 Å². The monoisotopic (exact) mass is 420 g/mol. The van der Waals surface area contributed by atoms with Crippen LogP contribution in [0.1, 0.15) is 33.6 Å². The van der Waals surface area contributed by atoms with E-state index < -0.39 is 60.4 Å². The molecule has 4 atom stereocenters. The van der Waals surface area contributed by atoms with Crippen molar-refractivity contribution in [2.45, 2.75) is 75.5 Å². The fourth-order valence-electron chi connectivity index (χ4n) is 3.43. The quantitative estimate of drug-likeness (QED) is 0.406. The van der Waals surface area contributed by atoms with Gasteiger partial charge >= 0.3 is 18.3 Å². The molecule has 28 heavy (non-hydrogen) atoms. The molecule has 2 aliphatic heterocycles. The third-order valence-corrected chi connectivity index (χ3v) is 5.25. The van der Waals surface area contributed by atoms with Crippen LogP contribution in [-0.2, 0) is 19.0 Å². The summed E-state index contributed by atoms with van der Waals surface area (Å²) in [6.07, 6.45) is -13.1. The summed E-state index contributed by atoms with van der Waals surface area (Å²) in [6, 6.07) is 0. The highest BCUT2D eigenvalue weighted by Gasteiger charge is 2.71. The molecule has 2 bridgehead atoms. The zero-order valence-corrected chi connectivity index (χ0v) is 15.5. The van der Waals surface area contributed by atoms with E-state index in [9.17, 15) is 36.2 Å². The van der Waals surface area contributed by atoms with Crippen LogP contribution < -0.4 is 0 Å². The average Bonchev–Trinajstić information content (AvgIpc) is 3.10. The summed E-state index contributed by atoms with van der Waals surface area (Å²) >= 11 is 0. The Balaban J connectivity index is 2.04. The van der Waals surface area contributed by atoms with Gasteiger partial charge in [0.15, 0.2) is 0 Å². The van der Waals surface area contributed by atoms with E-state index in [2.05, 4.69) is 6.58 Å². The molecule has 0 saturated carbocycles. The van der Waals surface area contributed by atoms with Gasteiger partial charge in [-0.25, -0.2) is 4.79 Å². The maximum Gasteiger partial charge on any atom is 0.428 e. The minimum atomic E-state index is -5.95. The Morgan fingerprint density at radius 3 is 2.04 bits per heavy atom. The van der Waals surface area contributed by atoms with E-state index in [1.807, 2.05) is 0 Å². The molecule has 0 aromatic rings. The molecule has 1 N–H and O–H groups in total. The fourth-order valence-corrected chi connectivity index (χ4v) is 3.43. The Morgan fingerprint density at radius 1 is 1.11 bits per heavy atom. The number of ether oxygens (including phenoxy) is 3.